The zero-order valence-corrected chi connectivity index (χ0v) is 33.0. The Hall–Kier alpha value is -3.67. The molecule has 3 heterocycles. The van der Waals surface area contributed by atoms with Gasteiger partial charge in [0, 0.05) is 55.3 Å². The fourth-order valence-electron chi connectivity index (χ4n) is 6.17. The normalized spacial score (nSPS) is 12.0. The molecule has 0 saturated heterocycles. The summed E-state index contributed by atoms with van der Waals surface area (Å²) in [5.41, 5.74) is 6.62. The molecule has 7 heteroatoms. The number of nitrogens with zero attached hydrogens (tertiary/aromatic N) is 3. The predicted octanol–water partition coefficient (Wildman–Crippen LogP) is 11.3. The van der Waals surface area contributed by atoms with Crippen LogP contribution in [-0.4, -0.2) is 25.8 Å². The van der Waals surface area contributed by atoms with Crippen LogP contribution >= 0.6 is 0 Å². The van der Waals surface area contributed by atoms with Crippen molar-refractivity contribution in [2.75, 3.05) is 0 Å². The van der Waals surface area contributed by atoms with E-state index in [0.717, 1.165) is 76.7 Å². The molecule has 0 unspecified atom stereocenters. The van der Waals surface area contributed by atoms with Crippen LogP contribution in [0.4, 0.5) is 0 Å². The van der Waals surface area contributed by atoms with Gasteiger partial charge < -0.3 is 9.52 Å². The molecule has 5 rings (SSSR count). The second-order valence-corrected chi connectivity index (χ2v) is 14.1. The summed E-state index contributed by atoms with van der Waals surface area (Å²) in [4.78, 5) is 25.6. The number of carbonyl (C=O) groups is 1. The van der Waals surface area contributed by atoms with Crippen LogP contribution in [-0.2, 0) is 36.7 Å². The first kappa shape index (κ1) is 39.8. The number of ketones is 1. The van der Waals surface area contributed by atoms with Crippen LogP contribution in [0.5, 0.6) is 0 Å². The van der Waals surface area contributed by atoms with Crippen molar-refractivity contribution in [3.63, 3.8) is 0 Å². The quantitative estimate of drug-likeness (QED) is 0.0810. The Bertz CT molecular complexity index is 1860. The number of allylic oxidation sites excluding steroid dienone is 2. The molecule has 0 aliphatic heterocycles. The van der Waals surface area contributed by atoms with Crippen molar-refractivity contribution in [2.24, 2.45) is 17.8 Å². The number of aromatic nitrogens is 3. The van der Waals surface area contributed by atoms with Gasteiger partial charge in [-0.25, -0.2) is 4.98 Å². The number of benzene rings is 2. The minimum Gasteiger partial charge on any atom is -0.512 e. The van der Waals surface area contributed by atoms with E-state index in [1.165, 1.54) is 17.0 Å². The predicted molar refractivity (Wildman–Crippen MR) is 198 cm³/mol. The number of furan rings is 1. The zero-order chi connectivity index (χ0) is 35.0. The number of hydrogen-bond acceptors (Lipinski definition) is 6. The molecule has 0 fully saturated rings. The third-order valence-corrected chi connectivity index (χ3v) is 9.06. The molecule has 0 bridgehead atoms. The van der Waals surface area contributed by atoms with Crippen molar-refractivity contribution in [2.45, 2.75) is 99.8 Å². The molecule has 0 atom stereocenters. The molecule has 0 amide bonds. The molecule has 0 spiro atoms. The monoisotopic (exact) mass is 839 g/mol. The maximum absolute atomic E-state index is 11.7. The number of pyridine rings is 1. The van der Waals surface area contributed by atoms with Gasteiger partial charge >= 0.3 is 0 Å². The number of aliphatic hydroxyl groups excluding tert-OH is 1. The molecule has 0 saturated carbocycles. The molecule has 0 aliphatic carbocycles. The number of aliphatic hydroxyl groups is 1. The average Bonchev–Trinajstić information content (AvgIpc) is 3.56. The summed E-state index contributed by atoms with van der Waals surface area (Å²) in [5.74, 6) is 1.07. The van der Waals surface area contributed by atoms with Gasteiger partial charge in [0.1, 0.15) is 11.9 Å². The van der Waals surface area contributed by atoms with Gasteiger partial charge in [0.2, 0.25) is 0 Å². The average molecular weight is 839 g/mol. The van der Waals surface area contributed by atoms with Crippen LogP contribution in [0, 0.1) is 23.8 Å². The topological polar surface area (TPSA) is 89.1 Å². The van der Waals surface area contributed by atoms with Crippen molar-refractivity contribution >= 4 is 27.5 Å². The number of fused-ring (bicyclic) bond motifs is 2. The number of carbonyl (C=O) groups excluding carboxylic acids is 1. The Balaban J connectivity index is 0.000000347. The van der Waals surface area contributed by atoms with E-state index in [-0.39, 0.29) is 48.9 Å². The molecule has 1 N–H and O–H groups in total. The van der Waals surface area contributed by atoms with Crippen LogP contribution in [0.3, 0.4) is 0 Å². The van der Waals surface area contributed by atoms with Crippen LogP contribution in [0.2, 0.25) is 0 Å². The van der Waals surface area contributed by atoms with Gasteiger partial charge in [0.15, 0.2) is 5.78 Å². The Morgan fingerprint density at radius 3 is 2.18 bits per heavy atom. The van der Waals surface area contributed by atoms with E-state index in [1.54, 1.807) is 12.6 Å². The molecule has 49 heavy (non-hydrogen) atoms. The summed E-state index contributed by atoms with van der Waals surface area (Å²) in [5, 5.41) is 13.1. The van der Waals surface area contributed by atoms with Crippen LogP contribution in [0.15, 0.2) is 77.5 Å². The van der Waals surface area contributed by atoms with Gasteiger partial charge in [-0.3, -0.25) is 14.8 Å². The first-order chi connectivity index (χ1) is 22.9. The Morgan fingerprint density at radius 1 is 0.898 bits per heavy atom. The first-order valence-electron chi connectivity index (χ1n) is 17.5. The number of rotatable bonds is 11. The van der Waals surface area contributed by atoms with E-state index >= 15 is 0 Å². The molecule has 5 aromatic rings. The van der Waals surface area contributed by atoms with Crippen LogP contribution in [0.1, 0.15) is 99.3 Å². The Kier molecular flexibility index (Phi) is 14.5. The van der Waals surface area contributed by atoms with Gasteiger partial charge in [0.05, 0.1) is 29.0 Å². The van der Waals surface area contributed by atoms with E-state index in [4.69, 9.17) is 9.40 Å². The minimum atomic E-state index is -0.00416. The standard InChI is InChI=1S/C29H28N3O.C13H24O2.Ir/c1-18(2)12-26-22-10-11-33-28(22)23(16-30-26)27-15-25(31-17-32-27)20-13-19-8-6-7-9-21(19)24(14-20)29(3,4)5;1-5-10(6-2)12(14)9-13(15)11(7-3)8-4;/h6-11,14-18H,12H2,1-5H3;9-11,14H,5-8H2,1-4H3;/q-1;;/b;12-9-;. The third-order valence-electron chi connectivity index (χ3n) is 9.06. The van der Waals surface area contributed by atoms with Gasteiger partial charge in [-0.2, -0.15) is 0 Å². The second-order valence-electron chi connectivity index (χ2n) is 14.1. The summed E-state index contributed by atoms with van der Waals surface area (Å²) in [6, 6.07) is 18.2. The Morgan fingerprint density at radius 2 is 1.55 bits per heavy atom. The molecular formula is C42H52IrN3O3-. The van der Waals surface area contributed by atoms with Gasteiger partial charge in [-0.05, 0) is 55.6 Å². The molecule has 0 aliphatic rings. The van der Waals surface area contributed by atoms with Crippen LogP contribution < -0.4 is 0 Å². The molecule has 3 aromatic heterocycles. The van der Waals surface area contributed by atoms with Crippen molar-refractivity contribution in [3.05, 3.63) is 90.4 Å². The van der Waals surface area contributed by atoms with E-state index in [1.807, 2.05) is 46.0 Å². The smallest absolute Gasteiger partial charge is 0.162 e. The van der Waals surface area contributed by atoms with Gasteiger partial charge in [-0.1, -0.05) is 91.5 Å². The van der Waals surface area contributed by atoms with E-state index < -0.39 is 0 Å². The van der Waals surface area contributed by atoms with Gasteiger partial charge in [0.25, 0.3) is 0 Å². The fraction of sp³-hybridized carbons (Fsp3) is 0.429. The summed E-state index contributed by atoms with van der Waals surface area (Å²) < 4.78 is 5.88. The van der Waals surface area contributed by atoms with E-state index in [9.17, 15) is 9.90 Å². The third kappa shape index (κ3) is 9.73. The van der Waals surface area contributed by atoms with Crippen molar-refractivity contribution < 1.29 is 34.4 Å². The van der Waals surface area contributed by atoms with Crippen LogP contribution in [0.25, 0.3) is 44.3 Å². The summed E-state index contributed by atoms with van der Waals surface area (Å²) >= 11 is 0. The number of hydrogen-bond donors (Lipinski definition) is 1. The van der Waals surface area contributed by atoms with Crippen molar-refractivity contribution in [3.8, 4) is 22.5 Å². The van der Waals surface area contributed by atoms with E-state index in [2.05, 4.69) is 81.0 Å². The maximum atomic E-state index is 11.7. The second kappa shape index (κ2) is 17.8. The molecule has 6 nitrogen and oxygen atoms in total. The molecule has 2 aromatic carbocycles. The molecular weight excluding hydrogens is 787 g/mol. The van der Waals surface area contributed by atoms with E-state index in [0.29, 0.717) is 5.92 Å². The fourth-order valence-corrected chi connectivity index (χ4v) is 6.17. The first-order valence-corrected chi connectivity index (χ1v) is 17.5. The van der Waals surface area contributed by atoms with Gasteiger partial charge in [-0.15, -0.1) is 29.1 Å². The minimum absolute atomic E-state index is 0. The molecule has 1 radical (unpaired) electrons. The Labute approximate surface area is 306 Å². The molecule has 263 valence electrons. The van der Waals surface area contributed by atoms with Crippen molar-refractivity contribution in [1.29, 1.82) is 0 Å². The van der Waals surface area contributed by atoms with Crippen molar-refractivity contribution in [1.82, 2.24) is 15.0 Å². The summed E-state index contributed by atoms with van der Waals surface area (Å²) in [6.45, 7) is 19.2. The largest absolute Gasteiger partial charge is 0.512 e. The maximum Gasteiger partial charge on any atom is 0.162 e. The SMILES string of the molecule is CC(C)Cc1ncc(-c2cc(-c3[c-]c4ccccc4c(C(C)(C)C)c3)ncn2)c2occc12.CCC(CC)C(=O)/C=C(\O)C(CC)CC.[Ir]. The summed E-state index contributed by atoms with van der Waals surface area (Å²) in [7, 11) is 0. The summed E-state index contributed by atoms with van der Waals surface area (Å²) in [6.07, 6.45) is 11.0. The zero-order valence-electron chi connectivity index (χ0n) is 30.6.